The smallest absolute Gasteiger partial charge is 0.306 e. The number of quaternary nitrogens is 1. The summed E-state index contributed by atoms with van der Waals surface area (Å²) in [5.41, 5.74) is 0. The first-order valence-electron chi connectivity index (χ1n) is 20.4. The third-order valence-corrected chi connectivity index (χ3v) is 9.06. The lowest BCUT2D eigenvalue weighted by Gasteiger charge is -2.34. The number of carbonyl (C=O) groups excluding carboxylic acids is 3. The number of carboxylic acid groups (broad SMARTS) is 1. The summed E-state index contributed by atoms with van der Waals surface area (Å²) in [4.78, 5) is 36.7. The van der Waals surface area contributed by atoms with Gasteiger partial charge in [-0.1, -0.05) is 115 Å². The fourth-order valence-corrected chi connectivity index (χ4v) is 5.82. The van der Waals surface area contributed by atoms with Gasteiger partial charge in [-0.15, -0.1) is 0 Å². The molecule has 2 unspecified atom stereocenters. The Labute approximate surface area is 307 Å². The molecule has 8 nitrogen and oxygen atoms in total. The zero-order chi connectivity index (χ0) is 37.1. The number of carbonyl (C=O) groups is 3. The van der Waals surface area contributed by atoms with Crippen molar-refractivity contribution in [2.45, 2.75) is 187 Å². The maximum Gasteiger partial charge on any atom is 0.306 e. The molecule has 0 aliphatic rings. The first kappa shape index (κ1) is 47.8. The lowest BCUT2D eigenvalue weighted by molar-refractivity contribution is -0.889. The number of hydrogen-bond donors (Lipinski definition) is 0. The topological polar surface area (TPSA) is 102 Å². The van der Waals surface area contributed by atoms with E-state index in [0.717, 1.165) is 64.2 Å². The Balaban J connectivity index is 4.42. The number of nitrogens with zero attached hydrogens (tertiary/aromatic N) is 1. The number of rotatable bonds is 36. The van der Waals surface area contributed by atoms with Gasteiger partial charge in [0, 0.05) is 19.3 Å². The molecule has 292 valence electrons. The highest BCUT2D eigenvalue weighted by molar-refractivity contribution is 5.70. The number of unbranched alkanes of at least 4 members (excludes halogenated alkanes) is 18. The lowest BCUT2D eigenvalue weighted by Crippen LogP contribution is -2.55. The number of allylic oxidation sites excluding steroid dienone is 4. The van der Waals surface area contributed by atoms with E-state index in [-0.39, 0.29) is 42.7 Å². The quantitative estimate of drug-likeness (QED) is 0.0277. The molecule has 0 saturated heterocycles. The van der Waals surface area contributed by atoms with Crippen LogP contribution in [-0.2, 0) is 28.6 Å². The number of ether oxygens (including phenoxy) is 3. The Bertz CT molecular complexity index is 880. The van der Waals surface area contributed by atoms with Crippen LogP contribution in [0, 0.1) is 0 Å². The normalized spacial score (nSPS) is 13.2. The van der Waals surface area contributed by atoms with Crippen LogP contribution in [0.2, 0.25) is 0 Å². The Hall–Kier alpha value is -2.19. The van der Waals surface area contributed by atoms with Gasteiger partial charge >= 0.3 is 11.9 Å². The van der Waals surface area contributed by atoms with Crippen LogP contribution in [0.1, 0.15) is 174 Å². The molecule has 0 heterocycles. The molecule has 0 aromatic rings. The van der Waals surface area contributed by atoms with Gasteiger partial charge in [-0.05, 0) is 64.2 Å². The van der Waals surface area contributed by atoms with Gasteiger partial charge in [-0.3, -0.25) is 9.59 Å². The van der Waals surface area contributed by atoms with E-state index in [0.29, 0.717) is 12.8 Å². The summed E-state index contributed by atoms with van der Waals surface area (Å²) in [5.74, 6) is -1.76. The van der Waals surface area contributed by atoms with E-state index in [1.165, 1.54) is 77.0 Å². The number of aliphatic carboxylic acids is 1. The minimum absolute atomic E-state index is 0.0369. The predicted molar refractivity (Wildman–Crippen MR) is 204 cm³/mol. The summed E-state index contributed by atoms with van der Waals surface area (Å²) in [6.45, 7) is 4.61. The standard InChI is InChI=1S/C42H77NO7/c1-6-8-10-12-14-16-18-20-22-24-26-28-30-32-40(44)49-37-38(36-48-35-34-39(42(46)47)43(3,4)5)50-41(45)33-31-29-27-25-23-21-19-17-15-13-11-9-7-2/h16-19,38-39H,6-15,20-37H2,1-5H3/b18-16-,19-17-. The first-order valence-corrected chi connectivity index (χ1v) is 20.4. The highest BCUT2D eigenvalue weighted by atomic mass is 16.6. The largest absolute Gasteiger partial charge is 0.544 e. The molecule has 8 heteroatoms. The molecule has 0 aliphatic heterocycles. The molecule has 0 rings (SSSR count). The maximum absolute atomic E-state index is 12.6. The SMILES string of the molecule is CCCCCC/C=C\CCCCCCCC(=O)OCC(COCCC(C(=O)[O-])[N+](C)(C)C)OC(=O)CCCCCCC/C=C\CCCCCC. The molecule has 0 fully saturated rings. The molecule has 0 aromatic heterocycles. The zero-order valence-corrected chi connectivity index (χ0v) is 33.1. The van der Waals surface area contributed by atoms with Crippen LogP contribution < -0.4 is 5.11 Å². The highest BCUT2D eigenvalue weighted by Gasteiger charge is 2.25. The van der Waals surface area contributed by atoms with Crippen molar-refractivity contribution in [2.75, 3.05) is 41.0 Å². The molecule has 2 atom stereocenters. The molecule has 0 N–H and O–H groups in total. The average molecular weight is 708 g/mol. The van der Waals surface area contributed by atoms with Gasteiger partial charge in [0.2, 0.25) is 0 Å². The van der Waals surface area contributed by atoms with E-state index < -0.39 is 18.1 Å². The molecule has 0 spiro atoms. The lowest BCUT2D eigenvalue weighted by atomic mass is 10.1. The van der Waals surface area contributed by atoms with E-state index in [2.05, 4.69) is 38.2 Å². The highest BCUT2D eigenvalue weighted by Crippen LogP contribution is 2.13. The van der Waals surface area contributed by atoms with E-state index in [9.17, 15) is 19.5 Å². The van der Waals surface area contributed by atoms with Crippen molar-refractivity contribution in [3.05, 3.63) is 24.3 Å². The van der Waals surface area contributed by atoms with E-state index in [1.807, 2.05) is 0 Å². The van der Waals surface area contributed by atoms with Crippen molar-refractivity contribution in [3.8, 4) is 0 Å². The van der Waals surface area contributed by atoms with Crippen molar-refractivity contribution >= 4 is 17.9 Å². The van der Waals surface area contributed by atoms with Crippen LogP contribution >= 0.6 is 0 Å². The third-order valence-electron chi connectivity index (χ3n) is 9.06. The summed E-state index contributed by atoms with van der Waals surface area (Å²) in [7, 11) is 5.39. The van der Waals surface area contributed by atoms with Gasteiger partial charge in [0.1, 0.15) is 12.6 Å². The van der Waals surface area contributed by atoms with Crippen molar-refractivity contribution in [2.24, 2.45) is 0 Å². The van der Waals surface area contributed by atoms with Gasteiger partial charge in [-0.25, -0.2) is 0 Å². The van der Waals surface area contributed by atoms with E-state index in [1.54, 1.807) is 21.1 Å². The van der Waals surface area contributed by atoms with Crippen molar-refractivity contribution in [1.29, 1.82) is 0 Å². The maximum atomic E-state index is 12.6. The summed E-state index contributed by atoms with van der Waals surface area (Å²) in [6, 6.07) is -0.725. The summed E-state index contributed by atoms with van der Waals surface area (Å²) >= 11 is 0. The fraction of sp³-hybridized carbons (Fsp3) is 0.833. The Morgan fingerprint density at radius 2 is 1.00 bits per heavy atom. The van der Waals surface area contributed by atoms with Crippen LogP contribution in [0.25, 0.3) is 0 Å². The van der Waals surface area contributed by atoms with Crippen LogP contribution in [0.5, 0.6) is 0 Å². The average Bonchev–Trinajstić information content (AvgIpc) is 3.06. The zero-order valence-electron chi connectivity index (χ0n) is 33.1. The number of esters is 2. The molecule has 0 aliphatic carbocycles. The molecule has 0 bridgehead atoms. The Morgan fingerprint density at radius 3 is 1.44 bits per heavy atom. The molecular formula is C42H77NO7. The van der Waals surface area contributed by atoms with Crippen LogP contribution in [0.15, 0.2) is 24.3 Å². The summed E-state index contributed by atoms with van der Waals surface area (Å²) in [5, 5.41) is 11.6. The number of carboxylic acids is 1. The fourth-order valence-electron chi connectivity index (χ4n) is 5.82. The molecule has 0 amide bonds. The molecule has 0 aromatic carbocycles. The minimum atomic E-state index is -1.13. The van der Waals surface area contributed by atoms with Crippen molar-refractivity contribution < 1.29 is 38.2 Å². The second-order valence-corrected chi connectivity index (χ2v) is 14.9. The molecule has 0 radical (unpaired) electrons. The van der Waals surface area contributed by atoms with Gasteiger partial charge in [0.25, 0.3) is 0 Å². The second-order valence-electron chi connectivity index (χ2n) is 14.9. The van der Waals surface area contributed by atoms with Crippen molar-refractivity contribution in [1.82, 2.24) is 0 Å². The number of hydrogen-bond acceptors (Lipinski definition) is 7. The van der Waals surface area contributed by atoms with Crippen molar-refractivity contribution in [3.63, 3.8) is 0 Å². The summed E-state index contributed by atoms with van der Waals surface area (Å²) in [6.07, 6.45) is 34.8. The summed E-state index contributed by atoms with van der Waals surface area (Å²) < 4.78 is 17.1. The molecule has 0 saturated carbocycles. The van der Waals surface area contributed by atoms with E-state index in [4.69, 9.17) is 14.2 Å². The first-order chi connectivity index (χ1) is 24.1. The van der Waals surface area contributed by atoms with Crippen LogP contribution in [0.3, 0.4) is 0 Å². The van der Waals surface area contributed by atoms with Gasteiger partial charge in [0.15, 0.2) is 6.10 Å². The molecular weight excluding hydrogens is 630 g/mol. The van der Waals surface area contributed by atoms with Crippen LogP contribution in [-0.4, -0.2) is 75.5 Å². The minimum Gasteiger partial charge on any atom is -0.544 e. The van der Waals surface area contributed by atoms with Gasteiger partial charge < -0.3 is 28.6 Å². The van der Waals surface area contributed by atoms with Gasteiger partial charge in [0.05, 0.1) is 40.3 Å². The van der Waals surface area contributed by atoms with E-state index >= 15 is 0 Å². The van der Waals surface area contributed by atoms with Crippen LogP contribution in [0.4, 0.5) is 0 Å². The third kappa shape index (κ3) is 31.8. The monoisotopic (exact) mass is 708 g/mol. The Kier molecular flexibility index (Phi) is 32.4. The predicted octanol–water partition coefficient (Wildman–Crippen LogP) is 9.19. The Morgan fingerprint density at radius 1 is 0.580 bits per heavy atom. The number of likely N-dealkylation sites (N-methyl/N-ethyl adjacent to an activating group) is 1. The van der Waals surface area contributed by atoms with Gasteiger partial charge in [-0.2, -0.15) is 0 Å². The second kappa shape index (κ2) is 33.9. The molecule has 50 heavy (non-hydrogen) atoms.